The van der Waals surface area contributed by atoms with Crippen LogP contribution in [0.4, 0.5) is 18.9 Å². The first-order valence-corrected chi connectivity index (χ1v) is 8.19. The molecule has 1 aromatic carbocycles. The third-order valence-corrected chi connectivity index (χ3v) is 4.21. The number of alkyl halides is 3. The van der Waals surface area contributed by atoms with Crippen LogP contribution in [0.3, 0.4) is 0 Å². The summed E-state index contributed by atoms with van der Waals surface area (Å²) in [6.07, 6.45) is 2.38. The molecule has 7 heteroatoms. The van der Waals surface area contributed by atoms with E-state index in [1.807, 2.05) is 7.05 Å². The largest absolute Gasteiger partial charge is 0.573 e. The lowest BCUT2D eigenvalue weighted by Crippen LogP contribution is -2.37. The van der Waals surface area contributed by atoms with E-state index in [1.54, 1.807) is 0 Å². The number of carbonyl (C=O) groups is 1. The van der Waals surface area contributed by atoms with Crippen LogP contribution in [-0.2, 0) is 4.79 Å². The Morgan fingerprint density at radius 3 is 2.29 bits per heavy atom. The number of benzene rings is 1. The van der Waals surface area contributed by atoms with Crippen LogP contribution in [0.1, 0.15) is 38.5 Å². The Morgan fingerprint density at radius 2 is 1.75 bits per heavy atom. The zero-order valence-electron chi connectivity index (χ0n) is 13.7. The SMILES string of the molecule is CN(CC(=O)Nc1ccc(OC(F)(F)F)cc1)C1CCCCCC1. The van der Waals surface area contributed by atoms with E-state index in [4.69, 9.17) is 0 Å². The summed E-state index contributed by atoms with van der Waals surface area (Å²) < 4.78 is 40.1. The van der Waals surface area contributed by atoms with Crippen LogP contribution in [0.25, 0.3) is 0 Å². The van der Waals surface area contributed by atoms with Gasteiger partial charge in [-0.25, -0.2) is 0 Å². The molecular formula is C17H23F3N2O2. The number of likely N-dealkylation sites (N-methyl/N-ethyl adjacent to an activating group) is 1. The van der Waals surface area contributed by atoms with Gasteiger partial charge in [0.25, 0.3) is 0 Å². The molecule has 0 radical (unpaired) electrons. The zero-order chi connectivity index (χ0) is 17.6. The van der Waals surface area contributed by atoms with Gasteiger partial charge in [-0.2, -0.15) is 0 Å². The molecular weight excluding hydrogens is 321 g/mol. The Kier molecular flexibility index (Phi) is 6.48. The molecule has 0 bridgehead atoms. The lowest BCUT2D eigenvalue weighted by Gasteiger charge is -2.26. The molecule has 1 aliphatic rings. The van der Waals surface area contributed by atoms with Gasteiger partial charge in [0.15, 0.2) is 0 Å². The molecule has 0 unspecified atom stereocenters. The van der Waals surface area contributed by atoms with Crippen molar-refractivity contribution < 1.29 is 22.7 Å². The van der Waals surface area contributed by atoms with Crippen LogP contribution in [-0.4, -0.2) is 36.8 Å². The Balaban J connectivity index is 1.83. The van der Waals surface area contributed by atoms with Gasteiger partial charge in [0.05, 0.1) is 6.54 Å². The van der Waals surface area contributed by atoms with E-state index in [9.17, 15) is 18.0 Å². The predicted octanol–water partition coefficient (Wildman–Crippen LogP) is 4.18. The second-order valence-electron chi connectivity index (χ2n) is 6.18. The van der Waals surface area contributed by atoms with E-state index < -0.39 is 6.36 Å². The van der Waals surface area contributed by atoms with Crippen LogP contribution in [0.15, 0.2) is 24.3 Å². The number of ether oxygens (including phenoxy) is 1. The smallest absolute Gasteiger partial charge is 0.406 e. The number of carbonyl (C=O) groups excluding carboxylic acids is 1. The van der Waals surface area contributed by atoms with Crippen molar-refractivity contribution in [3.05, 3.63) is 24.3 Å². The van der Waals surface area contributed by atoms with E-state index in [0.717, 1.165) is 12.8 Å². The number of nitrogens with zero attached hydrogens (tertiary/aromatic N) is 1. The molecule has 1 amide bonds. The lowest BCUT2D eigenvalue weighted by molar-refractivity contribution is -0.274. The van der Waals surface area contributed by atoms with Crippen molar-refractivity contribution in [1.29, 1.82) is 0 Å². The highest BCUT2D eigenvalue weighted by atomic mass is 19.4. The van der Waals surface area contributed by atoms with Gasteiger partial charge in [-0.15, -0.1) is 13.2 Å². The first-order valence-electron chi connectivity index (χ1n) is 8.19. The normalized spacial score (nSPS) is 16.7. The fraction of sp³-hybridized carbons (Fsp3) is 0.588. The van der Waals surface area contributed by atoms with E-state index in [2.05, 4.69) is 15.0 Å². The molecule has 1 aliphatic carbocycles. The van der Waals surface area contributed by atoms with Crippen LogP contribution < -0.4 is 10.1 Å². The fourth-order valence-electron chi connectivity index (χ4n) is 2.99. The Labute approximate surface area is 140 Å². The van der Waals surface area contributed by atoms with Crippen LogP contribution >= 0.6 is 0 Å². The van der Waals surface area contributed by atoms with Gasteiger partial charge in [0, 0.05) is 11.7 Å². The minimum absolute atomic E-state index is 0.175. The van der Waals surface area contributed by atoms with E-state index in [-0.39, 0.29) is 18.2 Å². The molecule has 1 N–H and O–H groups in total. The number of hydrogen-bond acceptors (Lipinski definition) is 3. The maximum absolute atomic E-state index is 12.1. The highest BCUT2D eigenvalue weighted by molar-refractivity contribution is 5.92. The van der Waals surface area contributed by atoms with Crippen molar-refractivity contribution in [2.24, 2.45) is 0 Å². The number of hydrogen-bond donors (Lipinski definition) is 1. The molecule has 1 saturated carbocycles. The van der Waals surface area contributed by atoms with Gasteiger partial charge < -0.3 is 10.1 Å². The van der Waals surface area contributed by atoms with Crippen molar-refractivity contribution in [3.8, 4) is 5.75 Å². The minimum Gasteiger partial charge on any atom is -0.406 e. The predicted molar refractivity (Wildman–Crippen MR) is 85.9 cm³/mol. The first kappa shape index (κ1) is 18.6. The summed E-state index contributed by atoms with van der Waals surface area (Å²) >= 11 is 0. The first-order chi connectivity index (χ1) is 11.3. The van der Waals surface area contributed by atoms with E-state index >= 15 is 0 Å². The summed E-state index contributed by atoms with van der Waals surface area (Å²) in [6.45, 7) is 0.269. The number of anilines is 1. The summed E-state index contributed by atoms with van der Waals surface area (Å²) in [7, 11) is 1.94. The second kappa shape index (κ2) is 8.37. The van der Waals surface area contributed by atoms with Gasteiger partial charge in [0.2, 0.25) is 5.91 Å². The third-order valence-electron chi connectivity index (χ3n) is 4.21. The molecule has 1 aromatic rings. The van der Waals surface area contributed by atoms with Crippen molar-refractivity contribution in [2.75, 3.05) is 18.9 Å². The third kappa shape index (κ3) is 6.39. The van der Waals surface area contributed by atoms with Gasteiger partial charge in [0.1, 0.15) is 5.75 Å². The molecule has 0 aliphatic heterocycles. The average Bonchev–Trinajstić information content (AvgIpc) is 2.77. The topological polar surface area (TPSA) is 41.6 Å². The summed E-state index contributed by atoms with van der Waals surface area (Å²) in [5, 5.41) is 2.70. The number of rotatable bonds is 5. The quantitative estimate of drug-likeness (QED) is 0.815. The maximum Gasteiger partial charge on any atom is 0.573 e. The standard InChI is InChI=1S/C17H23F3N2O2/c1-22(14-6-4-2-3-5-7-14)12-16(23)21-13-8-10-15(11-9-13)24-17(18,19)20/h8-11,14H,2-7,12H2,1H3,(H,21,23). The minimum atomic E-state index is -4.72. The molecule has 134 valence electrons. The van der Waals surface area contributed by atoms with Crippen molar-refractivity contribution >= 4 is 11.6 Å². The number of amides is 1. The Morgan fingerprint density at radius 1 is 1.17 bits per heavy atom. The van der Waals surface area contributed by atoms with Gasteiger partial charge in [-0.3, -0.25) is 9.69 Å². The lowest BCUT2D eigenvalue weighted by atomic mass is 10.1. The maximum atomic E-state index is 12.1. The molecule has 24 heavy (non-hydrogen) atoms. The van der Waals surface area contributed by atoms with Crippen molar-refractivity contribution in [2.45, 2.75) is 50.9 Å². The fourth-order valence-corrected chi connectivity index (χ4v) is 2.99. The summed E-state index contributed by atoms with van der Waals surface area (Å²) in [5.74, 6) is -0.484. The molecule has 4 nitrogen and oxygen atoms in total. The molecule has 0 saturated heterocycles. The Bertz CT molecular complexity index is 524. The molecule has 0 heterocycles. The Hall–Kier alpha value is -1.76. The summed E-state index contributed by atoms with van der Waals surface area (Å²) in [4.78, 5) is 14.2. The van der Waals surface area contributed by atoms with E-state index in [0.29, 0.717) is 11.7 Å². The molecule has 2 rings (SSSR count). The summed E-state index contributed by atoms with van der Waals surface area (Å²) in [6, 6.07) is 5.56. The number of halogens is 3. The van der Waals surface area contributed by atoms with Crippen LogP contribution in [0.2, 0.25) is 0 Å². The van der Waals surface area contributed by atoms with Crippen LogP contribution in [0, 0.1) is 0 Å². The molecule has 0 spiro atoms. The molecule has 1 fully saturated rings. The monoisotopic (exact) mass is 344 g/mol. The number of nitrogens with one attached hydrogen (secondary N) is 1. The molecule has 0 aromatic heterocycles. The highest BCUT2D eigenvalue weighted by Crippen LogP contribution is 2.24. The summed E-state index contributed by atoms with van der Waals surface area (Å²) in [5.41, 5.74) is 0.448. The second-order valence-corrected chi connectivity index (χ2v) is 6.18. The van der Waals surface area contributed by atoms with Gasteiger partial charge in [-0.05, 0) is 44.2 Å². The van der Waals surface area contributed by atoms with Crippen LogP contribution in [0.5, 0.6) is 5.75 Å². The van der Waals surface area contributed by atoms with Gasteiger partial charge in [-0.1, -0.05) is 25.7 Å². The molecule has 0 atom stereocenters. The van der Waals surface area contributed by atoms with Crippen molar-refractivity contribution in [1.82, 2.24) is 4.90 Å². The van der Waals surface area contributed by atoms with Crippen molar-refractivity contribution in [3.63, 3.8) is 0 Å². The zero-order valence-corrected chi connectivity index (χ0v) is 13.7. The van der Waals surface area contributed by atoms with Gasteiger partial charge >= 0.3 is 6.36 Å². The highest BCUT2D eigenvalue weighted by Gasteiger charge is 2.31. The average molecular weight is 344 g/mol. The van der Waals surface area contributed by atoms with E-state index in [1.165, 1.54) is 49.9 Å².